The van der Waals surface area contributed by atoms with Crippen molar-refractivity contribution in [3.63, 3.8) is 0 Å². The minimum absolute atomic E-state index is 0. The first kappa shape index (κ1) is 26.4. The Labute approximate surface area is 186 Å². The maximum atomic E-state index is 12.5. The lowest BCUT2D eigenvalue weighted by Gasteiger charge is -2.27. The number of rotatable bonds is 9. The zero-order valence-electron chi connectivity index (χ0n) is 17.8. The van der Waals surface area contributed by atoms with Crippen molar-refractivity contribution in [2.24, 2.45) is 16.6 Å². The van der Waals surface area contributed by atoms with Crippen LogP contribution in [0.5, 0.6) is 0 Å². The molecular formula is C20H36IN5O2. The molecule has 0 aromatic carbocycles. The molecule has 0 spiro atoms. The average molecular weight is 505 g/mol. The molecule has 1 heterocycles. The normalized spacial score (nSPS) is 11.7. The van der Waals surface area contributed by atoms with E-state index in [1.54, 1.807) is 17.3 Å². The molecule has 0 bridgehead atoms. The fraction of sp³-hybridized carbons (Fsp3) is 0.650. The van der Waals surface area contributed by atoms with Gasteiger partial charge in [-0.1, -0.05) is 19.9 Å². The van der Waals surface area contributed by atoms with Gasteiger partial charge in [0.05, 0.1) is 6.54 Å². The summed E-state index contributed by atoms with van der Waals surface area (Å²) in [6.45, 7) is 12.3. The molecule has 1 amide bonds. The zero-order chi connectivity index (χ0) is 20.3. The van der Waals surface area contributed by atoms with E-state index in [1.807, 2.05) is 32.9 Å². The third kappa shape index (κ3) is 12.7. The maximum absolute atomic E-state index is 12.5. The van der Waals surface area contributed by atoms with Gasteiger partial charge in [0.25, 0.3) is 0 Å². The van der Waals surface area contributed by atoms with Crippen molar-refractivity contribution in [3.05, 3.63) is 30.1 Å². The first-order valence-electron chi connectivity index (χ1n) is 9.58. The van der Waals surface area contributed by atoms with E-state index in [2.05, 4.69) is 29.1 Å². The Hall–Kier alpha value is -1.58. The van der Waals surface area contributed by atoms with Crippen molar-refractivity contribution in [1.82, 2.24) is 15.2 Å². The summed E-state index contributed by atoms with van der Waals surface area (Å²) in [5.41, 5.74) is 6.29. The van der Waals surface area contributed by atoms with Crippen molar-refractivity contribution in [2.45, 2.75) is 59.6 Å². The summed E-state index contributed by atoms with van der Waals surface area (Å²) in [7, 11) is 0. The quantitative estimate of drug-likeness (QED) is 0.231. The second-order valence-electron chi connectivity index (χ2n) is 7.99. The predicted molar refractivity (Wildman–Crippen MR) is 125 cm³/mol. The fourth-order valence-corrected chi connectivity index (χ4v) is 2.28. The third-order valence-corrected chi connectivity index (χ3v) is 3.64. The lowest BCUT2D eigenvalue weighted by molar-refractivity contribution is 0.0232. The summed E-state index contributed by atoms with van der Waals surface area (Å²) in [6, 6.07) is 3.80. The standard InChI is InChI=1S/C20H35N5O2.HI/c1-16(2)9-12-24-18(21)23-11-7-13-25(19(26)27-20(3,4)5)15-17-8-6-10-22-14-17;/h6,8,10,14,16H,7,9,11-13,15H2,1-5H3,(H3,21,23,24);1H. The molecule has 0 unspecified atom stereocenters. The molecule has 0 saturated heterocycles. The molecule has 3 N–H and O–H groups in total. The van der Waals surface area contributed by atoms with Crippen LogP contribution < -0.4 is 11.1 Å². The minimum Gasteiger partial charge on any atom is -0.444 e. The van der Waals surface area contributed by atoms with Crippen LogP contribution in [0.1, 0.15) is 53.0 Å². The molecule has 0 aliphatic rings. The van der Waals surface area contributed by atoms with Crippen LogP contribution in [0.2, 0.25) is 0 Å². The summed E-state index contributed by atoms with van der Waals surface area (Å²) in [4.78, 5) is 22.6. The molecule has 0 aliphatic heterocycles. The van der Waals surface area contributed by atoms with Gasteiger partial charge in [-0.15, -0.1) is 24.0 Å². The number of guanidine groups is 1. The van der Waals surface area contributed by atoms with E-state index in [9.17, 15) is 4.79 Å². The van der Waals surface area contributed by atoms with Gasteiger partial charge in [-0.3, -0.25) is 9.98 Å². The molecule has 160 valence electrons. The predicted octanol–water partition coefficient (Wildman–Crippen LogP) is 3.78. The van der Waals surface area contributed by atoms with Gasteiger partial charge >= 0.3 is 6.09 Å². The fourth-order valence-electron chi connectivity index (χ4n) is 2.28. The first-order valence-corrected chi connectivity index (χ1v) is 9.58. The number of nitrogens with one attached hydrogen (secondary N) is 1. The van der Waals surface area contributed by atoms with Crippen LogP contribution >= 0.6 is 24.0 Å². The molecule has 7 nitrogen and oxygen atoms in total. The Morgan fingerprint density at radius 2 is 2.11 bits per heavy atom. The van der Waals surface area contributed by atoms with Gasteiger partial charge in [0.15, 0.2) is 5.96 Å². The van der Waals surface area contributed by atoms with Gasteiger partial charge in [0, 0.05) is 32.0 Å². The van der Waals surface area contributed by atoms with E-state index < -0.39 is 5.60 Å². The highest BCUT2D eigenvalue weighted by molar-refractivity contribution is 14.0. The smallest absolute Gasteiger partial charge is 0.410 e. The molecule has 8 heteroatoms. The number of pyridine rings is 1. The molecule has 0 aliphatic carbocycles. The average Bonchev–Trinajstić information content (AvgIpc) is 2.56. The number of ether oxygens (including phenoxy) is 1. The number of halogens is 1. The molecule has 0 fully saturated rings. The van der Waals surface area contributed by atoms with E-state index in [-0.39, 0.29) is 30.1 Å². The summed E-state index contributed by atoms with van der Waals surface area (Å²) in [5, 5.41) is 3.11. The number of carbonyl (C=O) groups excluding carboxylic acids is 1. The molecule has 0 radical (unpaired) electrons. The summed E-state index contributed by atoms with van der Waals surface area (Å²) in [5.74, 6) is 1.08. The Morgan fingerprint density at radius 3 is 2.68 bits per heavy atom. The molecule has 0 atom stereocenters. The molecule has 28 heavy (non-hydrogen) atoms. The van der Waals surface area contributed by atoms with Crippen molar-refractivity contribution in [3.8, 4) is 0 Å². The SMILES string of the molecule is CC(C)CCNC(N)=NCCCN(Cc1cccnc1)C(=O)OC(C)(C)C.I. The van der Waals surface area contributed by atoms with E-state index in [1.165, 1.54) is 0 Å². The lowest BCUT2D eigenvalue weighted by Crippen LogP contribution is -2.37. The topological polar surface area (TPSA) is 92.8 Å². The van der Waals surface area contributed by atoms with Gasteiger partial charge in [-0.25, -0.2) is 4.79 Å². The first-order chi connectivity index (χ1) is 12.7. The number of nitrogens with two attached hydrogens (primary N) is 1. The lowest BCUT2D eigenvalue weighted by atomic mass is 10.1. The van der Waals surface area contributed by atoms with Crippen molar-refractivity contribution >= 4 is 36.0 Å². The highest BCUT2D eigenvalue weighted by Crippen LogP contribution is 2.13. The molecule has 1 rings (SSSR count). The van der Waals surface area contributed by atoms with Crippen molar-refractivity contribution in [2.75, 3.05) is 19.6 Å². The second-order valence-corrected chi connectivity index (χ2v) is 7.99. The highest BCUT2D eigenvalue weighted by Gasteiger charge is 2.22. The summed E-state index contributed by atoms with van der Waals surface area (Å²) < 4.78 is 5.52. The van der Waals surface area contributed by atoms with Crippen LogP contribution in [-0.2, 0) is 11.3 Å². The zero-order valence-corrected chi connectivity index (χ0v) is 20.1. The Kier molecular flexibility index (Phi) is 12.8. The number of nitrogens with zero attached hydrogens (tertiary/aromatic N) is 3. The Balaban J connectivity index is 0.00000729. The molecule has 1 aromatic heterocycles. The van der Waals surface area contributed by atoms with Gasteiger partial charge in [0.1, 0.15) is 5.60 Å². The number of carbonyl (C=O) groups is 1. The van der Waals surface area contributed by atoms with E-state index in [4.69, 9.17) is 10.5 Å². The molecule has 0 saturated carbocycles. The number of hydrogen-bond acceptors (Lipinski definition) is 4. The van der Waals surface area contributed by atoms with E-state index in [0.29, 0.717) is 37.9 Å². The van der Waals surface area contributed by atoms with Crippen LogP contribution in [0.4, 0.5) is 4.79 Å². The van der Waals surface area contributed by atoms with Gasteiger partial charge in [-0.2, -0.15) is 0 Å². The van der Waals surface area contributed by atoms with E-state index in [0.717, 1.165) is 18.5 Å². The van der Waals surface area contributed by atoms with E-state index >= 15 is 0 Å². The van der Waals surface area contributed by atoms with Crippen LogP contribution in [0.25, 0.3) is 0 Å². The summed E-state index contributed by atoms with van der Waals surface area (Å²) in [6.07, 6.45) is 4.88. The van der Waals surface area contributed by atoms with Crippen LogP contribution in [0.3, 0.4) is 0 Å². The van der Waals surface area contributed by atoms with Gasteiger partial charge < -0.3 is 20.7 Å². The number of amides is 1. The van der Waals surface area contributed by atoms with Gasteiger partial charge in [0.2, 0.25) is 0 Å². The number of hydrogen-bond donors (Lipinski definition) is 2. The van der Waals surface area contributed by atoms with Crippen LogP contribution in [0.15, 0.2) is 29.5 Å². The van der Waals surface area contributed by atoms with Gasteiger partial charge in [-0.05, 0) is 51.2 Å². The number of aromatic nitrogens is 1. The van der Waals surface area contributed by atoms with Crippen LogP contribution in [0, 0.1) is 5.92 Å². The number of aliphatic imine (C=N–C) groups is 1. The minimum atomic E-state index is -0.535. The highest BCUT2D eigenvalue weighted by atomic mass is 127. The largest absolute Gasteiger partial charge is 0.444 e. The maximum Gasteiger partial charge on any atom is 0.410 e. The second kappa shape index (κ2) is 13.6. The molecule has 1 aromatic rings. The molecular weight excluding hydrogens is 469 g/mol. The Bertz CT molecular complexity index is 588. The summed E-state index contributed by atoms with van der Waals surface area (Å²) >= 11 is 0. The third-order valence-electron chi connectivity index (χ3n) is 3.64. The monoisotopic (exact) mass is 505 g/mol. The van der Waals surface area contributed by atoms with Crippen molar-refractivity contribution < 1.29 is 9.53 Å². The van der Waals surface area contributed by atoms with Crippen molar-refractivity contribution in [1.29, 1.82) is 0 Å². The van der Waals surface area contributed by atoms with Crippen LogP contribution in [-0.4, -0.2) is 47.2 Å². The Morgan fingerprint density at radius 1 is 1.39 bits per heavy atom.